The van der Waals surface area contributed by atoms with Crippen LogP contribution in [0.4, 0.5) is 0 Å². The molecule has 130 valence electrons. The third-order valence-corrected chi connectivity index (χ3v) is 3.38. The van der Waals surface area contributed by atoms with Crippen molar-refractivity contribution in [2.45, 2.75) is 45.2 Å². The van der Waals surface area contributed by atoms with Crippen LogP contribution >= 0.6 is 0 Å². The third kappa shape index (κ3) is 6.35. The minimum absolute atomic E-state index is 0.0293. The van der Waals surface area contributed by atoms with Crippen LogP contribution in [-0.2, 0) is 19.2 Å². The summed E-state index contributed by atoms with van der Waals surface area (Å²) in [5.74, 6) is -2.41. The maximum atomic E-state index is 12.4. The van der Waals surface area contributed by atoms with Gasteiger partial charge < -0.3 is 21.3 Å². The van der Waals surface area contributed by atoms with E-state index in [2.05, 4.69) is 21.3 Å². The van der Waals surface area contributed by atoms with Gasteiger partial charge in [0, 0.05) is 18.0 Å². The highest BCUT2D eigenvalue weighted by atomic mass is 16.2. The second-order valence-corrected chi connectivity index (χ2v) is 6.73. The van der Waals surface area contributed by atoms with Crippen molar-refractivity contribution in [3.63, 3.8) is 0 Å². The zero-order valence-corrected chi connectivity index (χ0v) is 14.1. The lowest BCUT2D eigenvalue weighted by Gasteiger charge is -2.23. The van der Waals surface area contributed by atoms with Crippen LogP contribution in [0.2, 0.25) is 0 Å². The molecule has 1 aliphatic heterocycles. The van der Waals surface area contributed by atoms with Gasteiger partial charge in [0.15, 0.2) is 0 Å². The molecule has 8 nitrogen and oxygen atoms in total. The smallest absolute Gasteiger partial charge is 0.290 e. The quantitative estimate of drug-likeness (QED) is 0.434. The highest BCUT2D eigenvalue weighted by molar-refractivity contribution is 6.38. The Balaban J connectivity index is 2.80. The molecule has 1 saturated heterocycles. The van der Waals surface area contributed by atoms with E-state index in [1.54, 1.807) is 27.8 Å². The first-order valence-electron chi connectivity index (χ1n) is 7.72. The topological polar surface area (TPSA) is 116 Å². The Kier molecular flexibility index (Phi) is 6.68. The fourth-order valence-corrected chi connectivity index (χ4v) is 2.35. The predicted molar refractivity (Wildman–Crippen MR) is 84.5 cm³/mol. The monoisotopic (exact) mass is 326 g/mol. The van der Waals surface area contributed by atoms with Gasteiger partial charge >= 0.3 is 0 Å². The second-order valence-electron chi connectivity index (χ2n) is 6.73. The van der Waals surface area contributed by atoms with Gasteiger partial charge in [0.2, 0.25) is 17.6 Å². The summed E-state index contributed by atoms with van der Waals surface area (Å²) in [4.78, 5) is 47.9. The average Bonchev–Trinajstić information content (AvgIpc) is 2.81. The zero-order valence-electron chi connectivity index (χ0n) is 14.1. The summed E-state index contributed by atoms with van der Waals surface area (Å²) < 4.78 is 0. The number of amides is 3. The minimum atomic E-state index is -1.01. The van der Waals surface area contributed by atoms with Crippen LogP contribution in [-0.4, -0.2) is 55.2 Å². The van der Waals surface area contributed by atoms with Crippen LogP contribution in [0, 0.1) is 5.92 Å². The molecule has 4 N–H and O–H groups in total. The molecule has 0 aromatic rings. The second kappa shape index (κ2) is 8.05. The van der Waals surface area contributed by atoms with Crippen LogP contribution in [0.5, 0.6) is 0 Å². The number of likely N-dealkylation sites (N-methyl/N-ethyl adjacent to an activating group) is 1. The summed E-state index contributed by atoms with van der Waals surface area (Å²) in [5.41, 5.74) is -0.559. The standard InChI is InChI=1S/C15H26N4O4/c1-15(2,3)19-14(23)12(21)10(18-11(20)8-16-4)7-9-5-6-17-13(9)22/h9-10,16H,5-8H2,1-4H3,(H,17,22)(H,18,20)(H,19,23). The van der Waals surface area contributed by atoms with Gasteiger partial charge in [-0.2, -0.15) is 0 Å². The van der Waals surface area contributed by atoms with Crippen molar-refractivity contribution in [3.8, 4) is 0 Å². The van der Waals surface area contributed by atoms with Gasteiger partial charge in [-0.15, -0.1) is 0 Å². The van der Waals surface area contributed by atoms with E-state index in [-0.39, 0.29) is 24.8 Å². The molecule has 1 heterocycles. The summed E-state index contributed by atoms with van der Waals surface area (Å²) in [6.07, 6.45) is 0.711. The van der Waals surface area contributed by atoms with Crippen molar-refractivity contribution in [1.29, 1.82) is 0 Å². The van der Waals surface area contributed by atoms with Crippen molar-refractivity contribution < 1.29 is 19.2 Å². The normalized spacial score (nSPS) is 19.0. The molecule has 0 spiro atoms. The number of nitrogens with one attached hydrogen (secondary N) is 4. The van der Waals surface area contributed by atoms with E-state index in [0.717, 1.165) is 0 Å². The molecule has 23 heavy (non-hydrogen) atoms. The van der Waals surface area contributed by atoms with Gasteiger partial charge in [-0.25, -0.2) is 0 Å². The van der Waals surface area contributed by atoms with Gasteiger partial charge in [-0.05, 0) is 40.7 Å². The van der Waals surface area contributed by atoms with Crippen molar-refractivity contribution in [2.75, 3.05) is 20.1 Å². The Bertz CT molecular complexity index is 484. The zero-order chi connectivity index (χ0) is 17.6. The van der Waals surface area contributed by atoms with E-state index in [0.29, 0.717) is 13.0 Å². The molecule has 2 unspecified atom stereocenters. The van der Waals surface area contributed by atoms with Crippen LogP contribution in [0.25, 0.3) is 0 Å². The van der Waals surface area contributed by atoms with Gasteiger partial charge in [0.25, 0.3) is 5.91 Å². The third-order valence-electron chi connectivity index (χ3n) is 3.38. The lowest BCUT2D eigenvalue weighted by molar-refractivity contribution is -0.141. The first-order valence-corrected chi connectivity index (χ1v) is 7.72. The van der Waals surface area contributed by atoms with E-state index in [1.807, 2.05) is 0 Å². The molecule has 1 fully saturated rings. The highest BCUT2D eigenvalue weighted by Gasteiger charge is 2.34. The number of carbonyl (C=O) groups excluding carboxylic acids is 4. The fraction of sp³-hybridized carbons (Fsp3) is 0.733. The Morgan fingerprint density at radius 2 is 1.96 bits per heavy atom. The first-order chi connectivity index (χ1) is 10.6. The van der Waals surface area contributed by atoms with Gasteiger partial charge in [0.1, 0.15) is 0 Å². The van der Waals surface area contributed by atoms with Crippen LogP contribution in [0.1, 0.15) is 33.6 Å². The van der Waals surface area contributed by atoms with Crippen LogP contribution < -0.4 is 21.3 Å². The Morgan fingerprint density at radius 1 is 1.30 bits per heavy atom. The SMILES string of the molecule is CNCC(=O)NC(CC1CCNC1=O)C(=O)C(=O)NC(C)(C)C. The molecule has 1 aliphatic rings. The molecule has 1 rings (SSSR count). The number of ketones is 1. The van der Waals surface area contributed by atoms with E-state index >= 15 is 0 Å². The minimum Gasteiger partial charge on any atom is -0.356 e. The summed E-state index contributed by atoms with van der Waals surface area (Å²) >= 11 is 0. The maximum absolute atomic E-state index is 12.4. The molecule has 0 saturated carbocycles. The van der Waals surface area contributed by atoms with Gasteiger partial charge in [0.05, 0.1) is 12.6 Å². The van der Waals surface area contributed by atoms with E-state index in [1.165, 1.54) is 0 Å². The Labute approximate surface area is 136 Å². The summed E-state index contributed by atoms with van der Waals surface area (Å²) in [5, 5.41) is 10.5. The lowest BCUT2D eigenvalue weighted by atomic mass is 9.95. The summed E-state index contributed by atoms with van der Waals surface area (Å²) in [6.45, 7) is 5.86. The number of Topliss-reactive ketones (excluding diaryl/α,β-unsaturated/α-hetero) is 1. The van der Waals surface area contributed by atoms with Crippen molar-refractivity contribution in [3.05, 3.63) is 0 Å². The van der Waals surface area contributed by atoms with Crippen molar-refractivity contribution >= 4 is 23.5 Å². The predicted octanol–water partition coefficient (Wildman–Crippen LogP) is -1.30. The number of hydrogen-bond donors (Lipinski definition) is 4. The maximum Gasteiger partial charge on any atom is 0.290 e. The molecule has 0 aromatic heterocycles. The molecule has 0 bridgehead atoms. The summed E-state index contributed by atoms with van der Waals surface area (Å²) in [6, 6.07) is -1.01. The summed E-state index contributed by atoms with van der Waals surface area (Å²) in [7, 11) is 1.60. The average molecular weight is 326 g/mol. The fourth-order valence-electron chi connectivity index (χ4n) is 2.35. The molecule has 3 amide bonds. The molecule has 8 heteroatoms. The lowest BCUT2D eigenvalue weighted by Crippen LogP contribution is -2.53. The number of rotatable bonds is 7. The largest absolute Gasteiger partial charge is 0.356 e. The van der Waals surface area contributed by atoms with Gasteiger partial charge in [-0.1, -0.05) is 0 Å². The molecule has 0 aliphatic carbocycles. The molecule has 0 aromatic carbocycles. The van der Waals surface area contributed by atoms with Crippen LogP contribution in [0.15, 0.2) is 0 Å². The van der Waals surface area contributed by atoms with E-state index in [4.69, 9.17) is 0 Å². The molecular formula is C15H26N4O4. The Morgan fingerprint density at radius 3 is 2.43 bits per heavy atom. The molecule has 0 radical (unpaired) electrons. The number of carbonyl (C=O) groups is 4. The first kappa shape index (κ1) is 19.1. The Hall–Kier alpha value is -1.96. The van der Waals surface area contributed by atoms with Crippen molar-refractivity contribution in [1.82, 2.24) is 21.3 Å². The van der Waals surface area contributed by atoms with E-state index in [9.17, 15) is 19.2 Å². The molecule has 2 atom stereocenters. The van der Waals surface area contributed by atoms with Crippen molar-refractivity contribution in [2.24, 2.45) is 5.92 Å². The van der Waals surface area contributed by atoms with Crippen LogP contribution in [0.3, 0.4) is 0 Å². The van der Waals surface area contributed by atoms with E-state index < -0.39 is 29.2 Å². The number of hydrogen-bond acceptors (Lipinski definition) is 5. The highest BCUT2D eigenvalue weighted by Crippen LogP contribution is 2.17. The van der Waals surface area contributed by atoms with Gasteiger partial charge in [-0.3, -0.25) is 19.2 Å². The molecular weight excluding hydrogens is 300 g/mol.